The Morgan fingerprint density at radius 3 is 1.84 bits per heavy atom. The molecule has 2 amide bonds. The Balaban J connectivity index is 0.00000216. The van der Waals surface area contributed by atoms with Gasteiger partial charge in [-0.2, -0.15) is 39.5 Å². The van der Waals surface area contributed by atoms with Gasteiger partial charge in [-0.05, 0) is 74.2 Å². The van der Waals surface area contributed by atoms with Crippen LogP contribution >= 0.6 is 0 Å². The van der Waals surface area contributed by atoms with Gasteiger partial charge in [-0.25, -0.2) is 9.59 Å². The van der Waals surface area contributed by atoms with Gasteiger partial charge in [0.25, 0.3) is 0 Å². The quantitative estimate of drug-likeness (QED) is 0.332. The van der Waals surface area contributed by atoms with E-state index in [-0.39, 0.29) is 43.4 Å². The van der Waals surface area contributed by atoms with Crippen molar-refractivity contribution in [1.29, 1.82) is 0 Å². The van der Waals surface area contributed by atoms with Gasteiger partial charge in [-0.15, -0.1) is 0 Å². The van der Waals surface area contributed by atoms with Gasteiger partial charge in [0.05, 0.1) is 42.1 Å². The normalized spacial score (nSPS) is 16.8. The molecule has 1 aliphatic rings. The average Bonchev–Trinajstić information content (AvgIpc) is 2.93. The maximum Gasteiger partial charge on any atom is 0.416 e. The minimum Gasteiger partial charge on any atom is -0.453 e. The highest BCUT2D eigenvalue weighted by Gasteiger charge is 2.43. The number of aliphatic hydroxyl groups is 1. The van der Waals surface area contributed by atoms with E-state index < -0.39 is 71.6 Å². The molecular weight excluding hydrogens is 615 g/mol. The monoisotopic (exact) mass is 646 g/mol. The molecule has 2 aromatic rings. The Bertz CT molecular complexity index is 1260. The minimum absolute atomic E-state index is 0.0590. The topological polar surface area (TPSA) is 79.3 Å². The number of hydrogen-bond donors (Lipinski definition) is 1. The van der Waals surface area contributed by atoms with Gasteiger partial charge >= 0.3 is 30.7 Å². The van der Waals surface area contributed by atoms with E-state index in [1.165, 1.54) is 6.92 Å². The fourth-order valence-corrected chi connectivity index (χ4v) is 4.72. The summed E-state index contributed by atoms with van der Waals surface area (Å²) in [4.78, 5) is 27.6. The van der Waals surface area contributed by atoms with E-state index in [1.807, 2.05) is 0 Å². The van der Waals surface area contributed by atoms with Gasteiger partial charge < -0.3 is 14.6 Å². The highest BCUT2D eigenvalue weighted by molar-refractivity contribution is 5.90. The molecule has 44 heavy (non-hydrogen) atoms. The lowest BCUT2D eigenvalue weighted by atomic mass is 9.87. The van der Waals surface area contributed by atoms with Crippen LogP contribution in [-0.4, -0.2) is 48.6 Å². The highest BCUT2D eigenvalue weighted by atomic mass is 19.4. The number of amides is 2. The van der Waals surface area contributed by atoms with Crippen molar-refractivity contribution >= 4 is 17.9 Å². The summed E-state index contributed by atoms with van der Waals surface area (Å²) >= 11 is 0. The number of hydrogen-bond acceptors (Lipinski definition) is 5. The molecular formula is C28H31F9N2O5. The molecule has 1 aliphatic heterocycles. The van der Waals surface area contributed by atoms with Gasteiger partial charge in [-0.1, -0.05) is 6.92 Å². The summed E-state index contributed by atoms with van der Waals surface area (Å²) in [6.45, 7) is 4.16. The van der Waals surface area contributed by atoms with Gasteiger partial charge in [0.2, 0.25) is 0 Å². The van der Waals surface area contributed by atoms with Crippen molar-refractivity contribution in [2.75, 3.05) is 25.2 Å². The maximum atomic E-state index is 13.7. The molecule has 0 aromatic heterocycles. The zero-order valence-electron chi connectivity index (χ0n) is 24.0. The van der Waals surface area contributed by atoms with Gasteiger partial charge in [0.15, 0.2) is 0 Å². The van der Waals surface area contributed by atoms with Crippen molar-refractivity contribution < 1.29 is 63.7 Å². The van der Waals surface area contributed by atoms with Crippen LogP contribution in [0.25, 0.3) is 0 Å². The van der Waals surface area contributed by atoms with Gasteiger partial charge in [-0.3, -0.25) is 9.80 Å². The van der Waals surface area contributed by atoms with Gasteiger partial charge in [0.1, 0.15) is 0 Å². The second-order valence-electron chi connectivity index (χ2n) is 9.48. The van der Waals surface area contributed by atoms with Crippen molar-refractivity contribution in [3.05, 3.63) is 64.2 Å². The van der Waals surface area contributed by atoms with Crippen molar-refractivity contribution in [2.24, 2.45) is 0 Å². The number of benzene rings is 2. The Labute approximate surface area is 247 Å². The third kappa shape index (κ3) is 8.70. The maximum absolute atomic E-state index is 13.7. The van der Waals surface area contributed by atoms with Crippen LogP contribution in [0.15, 0.2) is 36.4 Å². The third-order valence-electron chi connectivity index (χ3n) is 6.56. The highest BCUT2D eigenvalue weighted by Crippen LogP contribution is 2.45. The van der Waals surface area contributed by atoms with Crippen LogP contribution in [0.3, 0.4) is 0 Å². The Morgan fingerprint density at radius 1 is 0.886 bits per heavy atom. The molecule has 0 saturated heterocycles. The van der Waals surface area contributed by atoms with E-state index in [2.05, 4.69) is 0 Å². The summed E-state index contributed by atoms with van der Waals surface area (Å²) in [6, 6.07) is 1.06. The molecule has 2 atom stereocenters. The molecule has 0 aliphatic carbocycles. The molecule has 0 bridgehead atoms. The molecule has 0 radical (unpaired) electrons. The predicted molar refractivity (Wildman–Crippen MR) is 140 cm³/mol. The van der Waals surface area contributed by atoms with Crippen molar-refractivity contribution in [1.82, 2.24) is 4.90 Å². The lowest BCUT2D eigenvalue weighted by Crippen LogP contribution is -2.48. The number of fused-ring (bicyclic) bond motifs is 1. The van der Waals surface area contributed by atoms with Crippen LogP contribution in [0.5, 0.6) is 0 Å². The zero-order chi connectivity index (χ0) is 33.6. The van der Waals surface area contributed by atoms with E-state index in [4.69, 9.17) is 14.6 Å². The van der Waals surface area contributed by atoms with Crippen LogP contribution in [0, 0.1) is 0 Å². The third-order valence-corrected chi connectivity index (χ3v) is 6.56. The number of carbonyl (C=O) groups is 2. The zero-order valence-corrected chi connectivity index (χ0v) is 24.0. The van der Waals surface area contributed by atoms with E-state index >= 15 is 0 Å². The van der Waals surface area contributed by atoms with Crippen molar-refractivity contribution in [3.8, 4) is 0 Å². The lowest BCUT2D eigenvalue weighted by molar-refractivity contribution is -0.143. The molecule has 0 spiro atoms. The van der Waals surface area contributed by atoms with E-state index in [0.29, 0.717) is 24.3 Å². The first kappa shape index (κ1) is 36.5. The largest absolute Gasteiger partial charge is 0.453 e. The summed E-state index contributed by atoms with van der Waals surface area (Å²) in [6.07, 6.45) is -17.3. The van der Waals surface area contributed by atoms with Crippen LogP contribution in [0.2, 0.25) is 0 Å². The van der Waals surface area contributed by atoms with E-state index in [9.17, 15) is 49.1 Å². The molecule has 0 saturated carbocycles. The number of alkyl halides is 9. The molecule has 16 heteroatoms. The predicted octanol–water partition coefficient (Wildman–Crippen LogP) is 8.20. The molecule has 2 aromatic carbocycles. The summed E-state index contributed by atoms with van der Waals surface area (Å²) in [5.41, 5.74) is -5.28. The summed E-state index contributed by atoms with van der Waals surface area (Å²) in [5, 5.41) is 7.57. The molecule has 7 nitrogen and oxygen atoms in total. The Hall–Kier alpha value is -3.69. The fourth-order valence-electron chi connectivity index (χ4n) is 4.72. The molecule has 246 valence electrons. The Morgan fingerprint density at radius 2 is 1.41 bits per heavy atom. The van der Waals surface area contributed by atoms with Crippen LogP contribution in [0.1, 0.15) is 67.5 Å². The van der Waals surface area contributed by atoms with E-state index in [1.54, 1.807) is 13.8 Å². The van der Waals surface area contributed by atoms with Crippen molar-refractivity contribution in [3.63, 3.8) is 0 Å². The SMILES string of the molecule is CCO.CCOC(=O)N1c2ccc(C(F)(F)F)cc2[C@@H](N(Cc2cc(C(F)(F)F)cc(C(F)(F)F)c2)C(=O)OC)C[C@H]1CC. The average molecular weight is 647 g/mol. The Kier molecular flexibility index (Phi) is 11.9. The molecule has 0 unspecified atom stereocenters. The number of rotatable bonds is 5. The molecule has 1 heterocycles. The number of ether oxygens (including phenoxy) is 2. The van der Waals surface area contributed by atoms with Gasteiger partial charge in [0, 0.05) is 19.2 Å². The second-order valence-corrected chi connectivity index (χ2v) is 9.48. The fraction of sp³-hybridized carbons (Fsp3) is 0.500. The number of halogens is 9. The first-order chi connectivity index (χ1) is 20.3. The number of anilines is 1. The minimum atomic E-state index is -5.17. The second kappa shape index (κ2) is 14.4. The lowest BCUT2D eigenvalue weighted by Gasteiger charge is -2.43. The number of nitrogens with zero attached hydrogens (tertiary/aromatic N) is 2. The summed E-state index contributed by atoms with van der Waals surface area (Å²) < 4.78 is 132. The van der Waals surface area contributed by atoms with E-state index in [0.717, 1.165) is 23.0 Å². The molecule has 3 rings (SSSR count). The number of methoxy groups -OCH3 is 1. The summed E-state index contributed by atoms with van der Waals surface area (Å²) in [5.74, 6) is 0. The molecule has 0 fully saturated rings. The standard InChI is InChI=1S/C26H25F9N2O4.C2H6O/c1-4-18-12-21(19-11-15(24(27,28)29)6-7-20(19)37(18)23(39)41-5-2)36(22(38)40-3)13-14-8-16(25(30,31)32)10-17(9-14)26(33,34)35;1-2-3/h6-11,18,21H,4-5,12-13H2,1-3H3;3H,2H2,1H3/t18-,21+;/m1./s1. The number of carbonyl (C=O) groups excluding carboxylic acids is 2. The first-order valence-electron chi connectivity index (χ1n) is 13.2. The van der Waals surface area contributed by atoms with Crippen LogP contribution < -0.4 is 4.90 Å². The smallest absolute Gasteiger partial charge is 0.416 e. The first-order valence-corrected chi connectivity index (χ1v) is 13.2. The summed E-state index contributed by atoms with van der Waals surface area (Å²) in [7, 11) is 0.903. The number of aliphatic hydroxyl groups excluding tert-OH is 1. The van der Waals surface area contributed by atoms with Crippen LogP contribution in [0.4, 0.5) is 54.8 Å². The van der Waals surface area contributed by atoms with Crippen LogP contribution in [-0.2, 0) is 34.5 Å². The van der Waals surface area contributed by atoms with Crippen molar-refractivity contribution in [2.45, 2.75) is 70.8 Å². The molecule has 1 N–H and O–H groups in total.